The maximum atomic E-state index is 12.4. The van der Waals surface area contributed by atoms with Crippen molar-refractivity contribution in [2.45, 2.75) is 39.0 Å². The smallest absolute Gasteiger partial charge is 0.255 e. The van der Waals surface area contributed by atoms with E-state index in [1.165, 1.54) is 24.9 Å². The molecule has 1 aliphatic rings. The van der Waals surface area contributed by atoms with Crippen LogP contribution >= 0.6 is 0 Å². The molecule has 144 valence electrons. The summed E-state index contributed by atoms with van der Waals surface area (Å²) in [6.45, 7) is 5.20. The molecule has 3 rings (SSSR count). The van der Waals surface area contributed by atoms with Crippen molar-refractivity contribution in [3.05, 3.63) is 48.2 Å². The van der Waals surface area contributed by atoms with E-state index in [1.807, 2.05) is 19.2 Å². The van der Waals surface area contributed by atoms with Crippen LogP contribution in [0, 0.1) is 0 Å². The van der Waals surface area contributed by atoms with Gasteiger partial charge in [0.25, 0.3) is 5.91 Å². The van der Waals surface area contributed by atoms with Crippen LogP contribution in [0.5, 0.6) is 0 Å². The van der Waals surface area contributed by atoms with Gasteiger partial charge in [-0.05, 0) is 62.1 Å². The first-order chi connectivity index (χ1) is 13.2. The molecule has 5 nitrogen and oxygen atoms in total. The van der Waals surface area contributed by atoms with Crippen molar-refractivity contribution in [2.75, 3.05) is 36.9 Å². The summed E-state index contributed by atoms with van der Waals surface area (Å²) in [4.78, 5) is 21.0. The fourth-order valence-corrected chi connectivity index (χ4v) is 3.37. The van der Waals surface area contributed by atoms with Gasteiger partial charge < -0.3 is 15.1 Å². The zero-order chi connectivity index (χ0) is 19.1. The summed E-state index contributed by atoms with van der Waals surface area (Å²) in [6, 6.07) is 12.2. The molecule has 0 saturated carbocycles. The highest BCUT2D eigenvalue weighted by atomic mass is 16.2. The fourth-order valence-electron chi connectivity index (χ4n) is 3.37. The molecule has 2 heterocycles. The monoisotopic (exact) mass is 366 g/mol. The van der Waals surface area contributed by atoms with Crippen LogP contribution < -0.4 is 10.2 Å². The number of anilines is 3. The molecule has 0 spiro atoms. The van der Waals surface area contributed by atoms with Gasteiger partial charge in [0.15, 0.2) is 0 Å². The SMILES string of the molecule is CCCCN(C)C(=O)c1ccc(Nc2ccc(N3CCCCC3)cc2)nc1. The fraction of sp³-hybridized carbons (Fsp3) is 0.455. The molecule has 0 radical (unpaired) electrons. The van der Waals surface area contributed by atoms with E-state index in [-0.39, 0.29) is 5.91 Å². The Balaban J connectivity index is 1.58. The van der Waals surface area contributed by atoms with Gasteiger partial charge in [0.2, 0.25) is 0 Å². The Bertz CT molecular complexity index is 721. The molecule has 1 aromatic carbocycles. The number of nitrogens with one attached hydrogen (secondary N) is 1. The number of aromatic nitrogens is 1. The molecule has 0 bridgehead atoms. The lowest BCUT2D eigenvalue weighted by Crippen LogP contribution is -2.29. The number of rotatable bonds is 7. The van der Waals surface area contributed by atoms with E-state index in [1.54, 1.807) is 11.1 Å². The van der Waals surface area contributed by atoms with Crippen molar-refractivity contribution in [3.63, 3.8) is 0 Å². The Labute approximate surface area is 162 Å². The van der Waals surface area contributed by atoms with Crippen molar-refractivity contribution >= 4 is 23.1 Å². The lowest BCUT2D eigenvalue weighted by Gasteiger charge is -2.28. The van der Waals surface area contributed by atoms with E-state index in [2.05, 4.69) is 46.4 Å². The lowest BCUT2D eigenvalue weighted by atomic mass is 10.1. The van der Waals surface area contributed by atoms with Gasteiger partial charge in [-0.25, -0.2) is 4.98 Å². The van der Waals surface area contributed by atoms with Crippen molar-refractivity contribution in [1.82, 2.24) is 9.88 Å². The Morgan fingerprint density at radius 1 is 1.11 bits per heavy atom. The summed E-state index contributed by atoms with van der Waals surface area (Å²) in [7, 11) is 1.84. The van der Waals surface area contributed by atoms with E-state index < -0.39 is 0 Å². The Morgan fingerprint density at radius 2 is 1.85 bits per heavy atom. The minimum Gasteiger partial charge on any atom is -0.372 e. The van der Waals surface area contributed by atoms with E-state index in [4.69, 9.17) is 0 Å². The maximum absolute atomic E-state index is 12.4. The van der Waals surface area contributed by atoms with Crippen LogP contribution in [0.4, 0.5) is 17.2 Å². The number of piperidine rings is 1. The Kier molecular flexibility index (Phi) is 6.69. The summed E-state index contributed by atoms with van der Waals surface area (Å²) in [5, 5.41) is 3.31. The number of amides is 1. The van der Waals surface area contributed by atoms with E-state index in [9.17, 15) is 4.79 Å². The summed E-state index contributed by atoms with van der Waals surface area (Å²) >= 11 is 0. The first kappa shape index (κ1) is 19.2. The van der Waals surface area contributed by atoms with Crippen molar-refractivity contribution in [1.29, 1.82) is 0 Å². The number of hydrogen-bond donors (Lipinski definition) is 1. The number of nitrogens with zero attached hydrogens (tertiary/aromatic N) is 3. The third kappa shape index (κ3) is 5.22. The molecule has 5 heteroatoms. The lowest BCUT2D eigenvalue weighted by molar-refractivity contribution is 0.0793. The third-order valence-corrected chi connectivity index (χ3v) is 5.07. The zero-order valence-electron chi connectivity index (χ0n) is 16.4. The number of carbonyl (C=O) groups is 1. The minimum atomic E-state index is 0.0217. The highest BCUT2D eigenvalue weighted by Gasteiger charge is 2.12. The van der Waals surface area contributed by atoms with Crippen LogP contribution in [0.2, 0.25) is 0 Å². The van der Waals surface area contributed by atoms with Crippen LogP contribution in [0.1, 0.15) is 49.4 Å². The topological polar surface area (TPSA) is 48.5 Å². The first-order valence-electron chi connectivity index (χ1n) is 10.0. The van der Waals surface area contributed by atoms with Crippen molar-refractivity contribution in [3.8, 4) is 0 Å². The van der Waals surface area contributed by atoms with Crippen LogP contribution in [-0.4, -0.2) is 42.5 Å². The van der Waals surface area contributed by atoms with Gasteiger partial charge in [-0.1, -0.05) is 13.3 Å². The number of pyridine rings is 1. The highest BCUT2D eigenvalue weighted by molar-refractivity contribution is 5.94. The molecule has 2 aromatic rings. The molecule has 0 unspecified atom stereocenters. The van der Waals surface area contributed by atoms with Crippen LogP contribution in [0.15, 0.2) is 42.6 Å². The minimum absolute atomic E-state index is 0.0217. The molecular formula is C22H30N4O. The van der Waals surface area contributed by atoms with Crippen molar-refractivity contribution in [2.24, 2.45) is 0 Å². The molecule has 1 N–H and O–H groups in total. The third-order valence-electron chi connectivity index (χ3n) is 5.07. The summed E-state index contributed by atoms with van der Waals surface area (Å²) in [5.41, 5.74) is 2.91. The summed E-state index contributed by atoms with van der Waals surface area (Å²) in [6.07, 6.45) is 7.65. The maximum Gasteiger partial charge on any atom is 0.255 e. The zero-order valence-corrected chi connectivity index (χ0v) is 16.4. The molecular weight excluding hydrogens is 336 g/mol. The Hall–Kier alpha value is -2.56. The molecule has 27 heavy (non-hydrogen) atoms. The number of benzene rings is 1. The van der Waals surface area contributed by atoms with Crippen molar-refractivity contribution < 1.29 is 4.79 Å². The largest absolute Gasteiger partial charge is 0.372 e. The molecule has 1 fully saturated rings. The molecule has 1 aliphatic heterocycles. The second-order valence-electron chi connectivity index (χ2n) is 7.23. The highest BCUT2D eigenvalue weighted by Crippen LogP contribution is 2.23. The van der Waals surface area contributed by atoms with E-state index in [0.717, 1.165) is 44.0 Å². The normalized spacial score (nSPS) is 14.1. The van der Waals surface area contributed by atoms with Gasteiger partial charge in [0.1, 0.15) is 5.82 Å². The number of unbranched alkanes of at least 4 members (excludes halogenated alkanes) is 1. The summed E-state index contributed by atoms with van der Waals surface area (Å²) in [5.74, 6) is 0.766. The first-order valence-corrected chi connectivity index (χ1v) is 10.0. The van der Waals surface area contributed by atoms with Gasteiger partial charge in [0, 0.05) is 44.3 Å². The molecule has 0 aliphatic carbocycles. The molecule has 0 atom stereocenters. The van der Waals surface area contributed by atoms with Gasteiger partial charge in [-0.15, -0.1) is 0 Å². The van der Waals surface area contributed by atoms with E-state index >= 15 is 0 Å². The average molecular weight is 367 g/mol. The van der Waals surface area contributed by atoms with Gasteiger partial charge in [-0.2, -0.15) is 0 Å². The second-order valence-corrected chi connectivity index (χ2v) is 7.23. The van der Waals surface area contributed by atoms with Gasteiger partial charge in [-0.3, -0.25) is 4.79 Å². The Morgan fingerprint density at radius 3 is 2.48 bits per heavy atom. The van der Waals surface area contributed by atoms with Gasteiger partial charge >= 0.3 is 0 Å². The van der Waals surface area contributed by atoms with Crippen LogP contribution in [-0.2, 0) is 0 Å². The molecule has 1 saturated heterocycles. The number of hydrogen-bond acceptors (Lipinski definition) is 4. The van der Waals surface area contributed by atoms with E-state index in [0.29, 0.717) is 5.56 Å². The van der Waals surface area contributed by atoms with Crippen LogP contribution in [0.25, 0.3) is 0 Å². The predicted octanol–water partition coefficient (Wildman–Crippen LogP) is 4.69. The van der Waals surface area contributed by atoms with Crippen LogP contribution in [0.3, 0.4) is 0 Å². The molecule has 1 aromatic heterocycles. The summed E-state index contributed by atoms with van der Waals surface area (Å²) < 4.78 is 0. The molecule has 1 amide bonds. The average Bonchev–Trinajstić information content (AvgIpc) is 2.73. The predicted molar refractivity (Wildman–Crippen MR) is 112 cm³/mol. The second kappa shape index (κ2) is 9.40. The number of carbonyl (C=O) groups excluding carboxylic acids is 1. The van der Waals surface area contributed by atoms with Gasteiger partial charge in [0.05, 0.1) is 5.56 Å². The quantitative estimate of drug-likeness (QED) is 0.772. The standard InChI is InChI=1S/C22H30N4O/c1-3-4-14-25(2)22(27)18-8-13-21(23-17-18)24-19-9-11-20(12-10-19)26-15-6-5-7-16-26/h8-13,17H,3-7,14-16H2,1-2H3,(H,23,24).